The molecular formula is C22H19FN4O. The number of nitrogens with one attached hydrogen (secondary N) is 2. The van der Waals surface area contributed by atoms with Gasteiger partial charge >= 0.3 is 0 Å². The standard InChI is InChI=1S/C22H19FN4O/c1-12-4-6-20(18(8-12)21-9-13(2)26-27-21)25-22(28)17-11-15-10-16(23)5-7-19(15)24-14(17)3/h4-11H,1-3H3,(H,25,28)(H,26,27). The first-order valence-corrected chi connectivity index (χ1v) is 8.92. The van der Waals surface area contributed by atoms with Gasteiger partial charge in [-0.05, 0) is 63.2 Å². The number of aromatic nitrogens is 3. The molecule has 2 N–H and O–H groups in total. The lowest BCUT2D eigenvalue weighted by atomic mass is 10.0. The molecule has 0 fully saturated rings. The Morgan fingerprint density at radius 2 is 1.86 bits per heavy atom. The number of amides is 1. The zero-order valence-corrected chi connectivity index (χ0v) is 15.8. The lowest BCUT2D eigenvalue weighted by Gasteiger charge is -2.12. The van der Waals surface area contributed by atoms with Crippen molar-refractivity contribution in [3.63, 3.8) is 0 Å². The van der Waals surface area contributed by atoms with Gasteiger partial charge < -0.3 is 5.32 Å². The summed E-state index contributed by atoms with van der Waals surface area (Å²) < 4.78 is 13.6. The number of nitrogens with zero attached hydrogens (tertiary/aromatic N) is 2. The van der Waals surface area contributed by atoms with Crippen molar-refractivity contribution in [2.24, 2.45) is 0 Å². The van der Waals surface area contributed by atoms with Gasteiger partial charge in [-0.1, -0.05) is 11.6 Å². The number of hydrogen-bond donors (Lipinski definition) is 2. The highest BCUT2D eigenvalue weighted by Gasteiger charge is 2.16. The molecule has 0 aliphatic carbocycles. The Kier molecular flexibility index (Phi) is 4.39. The van der Waals surface area contributed by atoms with E-state index in [1.165, 1.54) is 12.1 Å². The molecule has 0 atom stereocenters. The van der Waals surface area contributed by atoms with Crippen molar-refractivity contribution < 1.29 is 9.18 Å². The summed E-state index contributed by atoms with van der Waals surface area (Å²) in [5.74, 6) is -0.659. The molecule has 2 aromatic heterocycles. The SMILES string of the molecule is Cc1ccc(NC(=O)c2cc3cc(F)ccc3nc2C)c(-c2cc(C)[nH]n2)c1. The first kappa shape index (κ1) is 17.9. The summed E-state index contributed by atoms with van der Waals surface area (Å²) in [6.07, 6.45) is 0. The Balaban J connectivity index is 1.73. The third-order valence-electron chi connectivity index (χ3n) is 4.62. The zero-order chi connectivity index (χ0) is 19.8. The van der Waals surface area contributed by atoms with Crippen molar-refractivity contribution in [1.29, 1.82) is 0 Å². The maximum absolute atomic E-state index is 13.6. The van der Waals surface area contributed by atoms with Crippen LogP contribution in [0.4, 0.5) is 10.1 Å². The Labute approximate surface area is 161 Å². The maximum Gasteiger partial charge on any atom is 0.257 e. The van der Waals surface area contributed by atoms with Crippen LogP contribution in [0.3, 0.4) is 0 Å². The van der Waals surface area contributed by atoms with Gasteiger partial charge in [-0.25, -0.2) is 4.39 Å². The Morgan fingerprint density at radius 3 is 2.61 bits per heavy atom. The van der Waals surface area contributed by atoms with Crippen LogP contribution in [0.2, 0.25) is 0 Å². The summed E-state index contributed by atoms with van der Waals surface area (Å²) in [4.78, 5) is 17.4. The van der Waals surface area contributed by atoms with Crippen LogP contribution >= 0.6 is 0 Å². The summed E-state index contributed by atoms with van der Waals surface area (Å²) >= 11 is 0. The van der Waals surface area contributed by atoms with E-state index in [-0.39, 0.29) is 11.7 Å². The molecule has 1 amide bonds. The summed E-state index contributed by atoms with van der Waals surface area (Å²) in [6, 6.07) is 13.7. The fourth-order valence-corrected chi connectivity index (χ4v) is 3.20. The summed E-state index contributed by atoms with van der Waals surface area (Å²) in [5.41, 5.74) is 5.88. The van der Waals surface area contributed by atoms with Gasteiger partial charge in [0.25, 0.3) is 5.91 Å². The van der Waals surface area contributed by atoms with Crippen molar-refractivity contribution in [2.75, 3.05) is 5.32 Å². The lowest BCUT2D eigenvalue weighted by molar-refractivity contribution is 0.102. The predicted molar refractivity (Wildman–Crippen MR) is 108 cm³/mol. The number of anilines is 1. The second kappa shape index (κ2) is 6.88. The number of hydrogen-bond acceptors (Lipinski definition) is 3. The highest BCUT2D eigenvalue weighted by Crippen LogP contribution is 2.29. The number of benzene rings is 2. The largest absolute Gasteiger partial charge is 0.321 e. The topological polar surface area (TPSA) is 70.7 Å². The number of pyridine rings is 1. The molecule has 4 rings (SSSR count). The van der Waals surface area contributed by atoms with Gasteiger partial charge in [0, 0.05) is 16.6 Å². The van der Waals surface area contributed by atoms with E-state index < -0.39 is 0 Å². The van der Waals surface area contributed by atoms with E-state index in [1.54, 1.807) is 19.1 Å². The second-order valence-electron chi connectivity index (χ2n) is 6.90. The van der Waals surface area contributed by atoms with Gasteiger partial charge in [0.2, 0.25) is 0 Å². The molecule has 4 aromatic rings. The van der Waals surface area contributed by atoms with E-state index in [2.05, 4.69) is 20.5 Å². The lowest BCUT2D eigenvalue weighted by Crippen LogP contribution is -2.15. The molecule has 0 aliphatic rings. The molecular weight excluding hydrogens is 355 g/mol. The molecule has 0 spiro atoms. The van der Waals surface area contributed by atoms with E-state index in [0.717, 1.165) is 22.5 Å². The van der Waals surface area contributed by atoms with E-state index in [1.807, 2.05) is 38.1 Å². The Hall–Kier alpha value is -3.54. The molecule has 2 heterocycles. The van der Waals surface area contributed by atoms with Crippen molar-refractivity contribution in [3.8, 4) is 11.3 Å². The van der Waals surface area contributed by atoms with Gasteiger partial charge in [-0.3, -0.25) is 14.9 Å². The van der Waals surface area contributed by atoms with Crippen molar-refractivity contribution in [1.82, 2.24) is 15.2 Å². The smallest absolute Gasteiger partial charge is 0.257 e. The Morgan fingerprint density at radius 1 is 1.04 bits per heavy atom. The van der Waals surface area contributed by atoms with Crippen molar-refractivity contribution >= 4 is 22.5 Å². The number of aromatic amines is 1. The third kappa shape index (κ3) is 3.36. The van der Waals surface area contributed by atoms with Crippen LogP contribution in [0.25, 0.3) is 22.2 Å². The number of rotatable bonds is 3. The van der Waals surface area contributed by atoms with Gasteiger partial charge in [-0.2, -0.15) is 5.10 Å². The highest BCUT2D eigenvalue weighted by molar-refractivity contribution is 6.08. The summed E-state index contributed by atoms with van der Waals surface area (Å²) in [7, 11) is 0. The van der Waals surface area contributed by atoms with Crippen LogP contribution in [0.1, 0.15) is 27.3 Å². The molecule has 2 aromatic carbocycles. The second-order valence-corrected chi connectivity index (χ2v) is 6.90. The van der Waals surface area contributed by atoms with Crippen LogP contribution in [-0.4, -0.2) is 21.1 Å². The maximum atomic E-state index is 13.6. The number of carbonyl (C=O) groups is 1. The van der Waals surface area contributed by atoms with Crippen LogP contribution in [-0.2, 0) is 0 Å². The van der Waals surface area contributed by atoms with Crippen molar-refractivity contribution in [2.45, 2.75) is 20.8 Å². The van der Waals surface area contributed by atoms with E-state index >= 15 is 0 Å². The number of fused-ring (bicyclic) bond motifs is 1. The molecule has 140 valence electrons. The van der Waals surface area contributed by atoms with E-state index in [9.17, 15) is 9.18 Å². The monoisotopic (exact) mass is 374 g/mol. The number of halogens is 1. The number of aryl methyl sites for hydroxylation is 3. The summed E-state index contributed by atoms with van der Waals surface area (Å²) in [5, 5.41) is 10.8. The predicted octanol–water partition coefficient (Wildman–Crippen LogP) is 4.94. The van der Waals surface area contributed by atoms with Gasteiger partial charge in [-0.15, -0.1) is 0 Å². The van der Waals surface area contributed by atoms with Gasteiger partial charge in [0.15, 0.2) is 0 Å². The fraction of sp³-hybridized carbons (Fsp3) is 0.136. The quantitative estimate of drug-likeness (QED) is 0.533. The molecule has 0 saturated carbocycles. The van der Waals surface area contributed by atoms with Gasteiger partial charge in [0.1, 0.15) is 5.82 Å². The van der Waals surface area contributed by atoms with Gasteiger partial charge in [0.05, 0.1) is 28.2 Å². The minimum Gasteiger partial charge on any atom is -0.321 e. The average molecular weight is 374 g/mol. The average Bonchev–Trinajstić information content (AvgIpc) is 3.09. The first-order valence-electron chi connectivity index (χ1n) is 8.92. The summed E-state index contributed by atoms with van der Waals surface area (Å²) in [6.45, 7) is 5.68. The van der Waals surface area contributed by atoms with Crippen LogP contribution in [0.15, 0.2) is 48.5 Å². The van der Waals surface area contributed by atoms with Crippen molar-refractivity contribution in [3.05, 3.63) is 76.9 Å². The molecule has 0 unspecified atom stereocenters. The van der Waals surface area contributed by atoms with Crippen LogP contribution in [0, 0.1) is 26.6 Å². The minimum absolute atomic E-state index is 0.298. The fourth-order valence-electron chi connectivity index (χ4n) is 3.20. The minimum atomic E-state index is -0.362. The first-order chi connectivity index (χ1) is 13.4. The zero-order valence-electron chi connectivity index (χ0n) is 15.8. The Bertz CT molecular complexity index is 1210. The van der Waals surface area contributed by atoms with E-state index in [0.29, 0.717) is 27.8 Å². The highest BCUT2D eigenvalue weighted by atomic mass is 19.1. The van der Waals surface area contributed by atoms with Crippen LogP contribution < -0.4 is 5.32 Å². The molecule has 0 aliphatic heterocycles. The third-order valence-corrected chi connectivity index (χ3v) is 4.62. The van der Waals surface area contributed by atoms with E-state index in [4.69, 9.17) is 0 Å². The number of carbonyl (C=O) groups excluding carboxylic acids is 1. The molecule has 28 heavy (non-hydrogen) atoms. The van der Waals surface area contributed by atoms with Crippen LogP contribution in [0.5, 0.6) is 0 Å². The molecule has 0 bridgehead atoms. The molecule has 6 heteroatoms. The molecule has 0 saturated heterocycles. The molecule has 5 nitrogen and oxygen atoms in total. The molecule has 0 radical (unpaired) electrons. The normalized spacial score (nSPS) is 11.0. The number of H-pyrrole nitrogens is 1.